The smallest absolute Gasteiger partial charge is 0.0780 e. The SMILES string of the molecule is Cc1ccc2nc(-c3ccc(Cl)cc3Cl)c(CN)c(Sc3ccccc3)c2c1. The number of nitrogens with two attached hydrogens (primary N) is 1. The van der Waals surface area contributed by atoms with Gasteiger partial charge < -0.3 is 5.73 Å². The van der Waals surface area contributed by atoms with Gasteiger partial charge in [-0.15, -0.1) is 0 Å². The molecule has 2 N–H and O–H groups in total. The van der Waals surface area contributed by atoms with E-state index >= 15 is 0 Å². The lowest BCUT2D eigenvalue weighted by molar-refractivity contribution is 1.02. The highest BCUT2D eigenvalue weighted by Gasteiger charge is 2.18. The average Bonchev–Trinajstić information content (AvgIpc) is 2.69. The van der Waals surface area contributed by atoms with Gasteiger partial charge in [-0.3, -0.25) is 0 Å². The summed E-state index contributed by atoms with van der Waals surface area (Å²) in [5.41, 5.74) is 11.0. The van der Waals surface area contributed by atoms with Crippen LogP contribution in [0.3, 0.4) is 0 Å². The van der Waals surface area contributed by atoms with Crippen LogP contribution in [0.15, 0.2) is 76.5 Å². The Balaban J connectivity index is 2.02. The molecule has 0 saturated heterocycles. The van der Waals surface area contributed by atoms with Crippen LogP contribution in [-0.4, -0.2) is 4.98 Å². The molecule has 5 heteroatoms. The highest BCUT2D eigenvalue weighted by Crippen LogP contribution is 2.41. The Morgan fingerprint density at radius 3 is 2.46 bits per heavy atom. The molecule has 1 heterocycles. The van der Waals surface area contributed by atoms with Crippen LogP contribution < -0.4 is 5.73 Å². The van der Waals surface area contributed by atoms with E-state index in [1.807, 2.05) is 36.4 Å². The monoisotopic (exact) mass is 424 g/mol. The van der Waals surface area contributed by atoms with E-state index < -0.39 is 0 Å². The highest BCUT2D eigenvalue weighted by molar-refractivity contribution is 7.99. The van der Waals surface area contributed by atoms with E-state index in [2.05, 4.69) is 31.2 Å². The molecule has 140 valence electrons. The van der Waals surface area contributed by atoms with Crippen molar-refractivity contribution in [2.75, 3.05) is 0 Å². The maximum Gasteiger partial charge on any atom is 0.0780 e. The minimum Gasteiger partial charge on any atom is -0.326 e. The van der Waals surface area contributed by atoms with E-state index in [9.17, 15) is 0 Å². The normalized spacial score (nSPS) is 11.1. The molecule has 0 fully saturated rings. The third-order valence-corrected chi connectivity index (χ3v) is 6.27. The van der Waals surface area contributed by atoms with Crippen LogP contribution in [0, 0.1) is 6.92 Å². The van der Waals surface area contributed by atoms with Gasteiger partial charge in [0.25, 0.3) is 0 Å². The van der Waals surface area contributed by atoms with E-state index in [1.165, 1.54) is 5.56 Å². The Kier molecular flexibility index (Phi) is 5.61. The largest absolute Gasteiger partial charge is 0.326 e. The fraction of sp³-hybridized carbons (Fsp3) is 0.0870. The molecule has 2 nitrogen and oxygen atoms in total. The number of pyridine rings is 1. The molecule has 0 unspecified atom stereocenters. The van der Waals surface area contributed by atoms with Crippen molar-refractivity contribution in [2.24, 2.45) is 5.73 Å². The summed E-state index contributed by atoms with van der Waals surface area (Å²) < 4.78 is 0. The molecule has 0 atom stereocenters. The molecule has 0 spiro atoms. The van der Waals surface area contributed by atoms with Crippen molar-refractivity contribution >= 4 is 45.9 Å². The lowest BCUT2D eigenvalue weighted by atomic mass is 10.0. The number of benzene rings is 3. The van der Waals surface area contributed by atoms with Crippen LogP contribution in [0.1, 0.15) is 11.1 Å². The van der Waals surface area contributed by atoms with E-state index in [4.69, 9.17) is 33.9 Å². The first-order valence-electron chi connectivity index (χ1n) is 8.88. The molecule has 4 rings (SSSR count). The number of hydrogen-bond donors (Lipinski definition) is 1. The Morgan fingerprint density at radius 1 is 0.964 bits per heavy atom. The molecule has 0 aliphatic heterocycles. The Bertz CT molecular complexity index is 1160. The van der Waals surface area contributed by atoms with Gasteiger partial charge in [-0.2, -0.15) is 0 Å². The molecular weight excluding hydrogens is 407 g/mol. The van der Waals surface area contributed by atoms with Crippen LogP contribution in [0.25, 0.3) is 22.2 Å². The molecule has 3 aromatic carbocycles. The van der Waals surface area contributed by atoms with Crippen LogP contribution in [0.2, 0.25) is 10.0 Å². The topological polar surface area (TPSA) is 38.9 Å². The van der Waals surface area contributed by atoms with Crippen molar-refractivity contribution < 1.29 is 0 Å². The third-order valence-electron chi connectivity index (χ3n) is 4.54. The van der Waals surface area contributed by atoms with Gasteiger partial charge in [0, 0.05) is 37.9 Å². The molecule has 0 aliphatic rings. The Labute approximate surface area is 178 Å². The second kappa shape index (κ2) is 8.14. The molecule has 0 aliphatic carbocycles. The molecule has 0 saturated carbocycles. The molecule has 1 aromatic heterocycles. The summed E-state index contributed by atoms with van der Waals surface area (Å²) in [7, 11) is 0. The fourth-order valence-corrected chi connectivity index (χ4v) is 4.81. The summed E-state index contributed by atoms with van der Waals surface area (Å²) in [6, 6.07) is 22.0. The van der Waals surface area contributed by atoms with Crippen molar-refractivity contribution in [3.05, 3.63) is 87.9 Å². The van der Waals surface area contributed by atoms with E-state index in [0.29, 0.717) is 16.6 Å². The minimum atomic E-state index is 0.361. The lowest BCUT2D eigenvalue weighted by Gasteiger charge is -2.17. The molecular formula is C23H18Cl2N2S. The quantitative estimate of drug-likeness (QED) is 0.378. The van der Waals surface area contributed by atoms with Crippen LogP contribution in [-0.2, 0) is 6.54 Å². The first-order valence-corrected chi connectivity index (χ1v) is 10.5. The van der Waals surface area contributed by atoms with Gasteiger partial charge in [0.05, 0.1) is 16.2 Å². The van der Waals surface area contributed by atoms with Gasteiger partial charge in [-0.25, -0.2) is 4.98 Å². The summed E-state index contributed by atoms with van der Waals surface area (Å²) in [5, 5.41) is 2.26. The second-order valence-electron chi connectivity index (χ2n) is 6.53. The number of halogens is 2. The fourth-order valence-electron chi connectivity index (χ4n) is 3.20. The summed E-state index contributed by atoms with van der Waals surface area (Å²) in [6.07, 6.45) is 0. The van der Waals surface area contributed by atoms with Gasteiger partial charge in [0.2, 0.25) is 0 Å². The standard InChI is InChI=1S/C23H18Cl2N2S/c1-14-7-10-21-18(11-14)23(28-16-5-3-2-4-6-16)19(13-26)22(27-21)17-9-8-15(24)12-20(17)25/h2-12H,13,26H2,1H3. The number of aromatic nitrogens is 1. The Hall–Kier alpha value is -2.04. The van der Waals surface area contributed by atoms with Crippen molar-refractivity contribution in [2.45, 2.75) is 23.3 Å². The van der Waals surface area contributed by atoms with Crippen LogP contribution >= 0.6 is 35.0 Å². The second-order valence-corrected chi connectivity index (χ2v) is 8.46. The Morgan fingerprint density at radius 2 is 1.75 bits per heavy atom. The summed E-state index contributed by atoms with van der Waals surface area (Å²) in [5.74, 6) is 0. The lowest BCUT2D eigenvalue weighted by Crippen LogP contribution is -2.05. The van der Waals surface area contributed by atoms with Crippen molar-refractivity contribution in [1.29, 1.82) is 0 Å². The maximum absolute atomic E-state index is 6.51. The third kappa shape index (κ3) is 3.76. The van der Waals surface area contributed by atoms with Gasteiger partial charge >= 0.3 is 0 Å². The van der Waals surface area contributed by atoms with Crippen molar-refractivity contribution in [3.63, 3.8) is 0 Å². The number of rotatable bonds is 4. The molecule has 0 bridgehead atoms. The predicted octanol–water partition coefficient (Wildman–Crippen LogP) is 7.13. The van der Waals surface area contributed by atoms with E-state index in [-0.39, 0.29) is 0 Å². The van der Waals surface area contributed by atoms with Gasteiger partial charge in [0.1, 0.15) is 0 Å². The zero-order valence-corrected chi connectivity index (χ0v) is 17.6. The minimum absolute atomic E-state index is 0.361. The zero-order valence-electron chi connectivity index (χ0n) is 15.2. The summed E-state index contributed by atoms with van der Waals surface area (Å²) in [4.78, 5) is 7.20. The predicted molar refractivity (Wildman–Crippen MR) is 120 cm³/mol. The molecule has 4 aromatic rings. The van der Waals surface area contributed by atoms with Crippen molar-refractivity contribution in [1.82, 2.24) is 4.98 Å². The van der Waals surface area contributed by atoms with E-state index in [0.717, 1.165) is 37.5 Å². The number of aryl methyl sites for hydroxylation is 1. The molecule has 28 heavy (non-hydrogen) atoms. The van der Waals surface area contributed by atoms with E-state index in [1.54, 1.807) is 17.8 Å². The van der Waals surface area contributed by atoms with Gasteiger partial charge in [0.15, 0.2) is 0 Å². The first-order chi connectivity index (χ1) is 13.6. The molecule has 0 amide bonds. The number of nitrogens with zero attached hydrogens (tertiary/aromatic N) is 1. The van der Waals surface area contributed by atoms with Crippen molar-refractivity contribution in [3.8, 4) is 11.3 Å². The molecule has 0 radical (unpaired) electrons. The number of fused-ring (bicyclic) bond motifs is 1. The van der Waals surface area contributed by atoms with Crippen LogP contribution in [0.4, 0.5) is 0 Å². The van der Waals surface area contributed by atoms with Gasteiger partial charge in [-0.05, 0) is 49.4 Å². The summed E-state index contributed by atoms with van der Waals surface area (Å²) in [6.45, 7) is 2.45. The summed E-state index contributed by atoms with van der Waals surface area (Å²) >= 11 is 14.3. The van der Waals surface area contributed by atoms with Crippen LogP contribution in [0.5, 0.6) is 0 Å². The zero-order chi connectivity index (χ0) is 19.7. The average molecular weight is 425 g/mol. The van der Waals surface area contributed by atoms with Gasteiger partial charge in [-0.1, -0.05) is 64.8 Å². The highest BCUT2D eigenvalue weighted by atomic mass is 35.5. The number of hydrogen-bond acceptors (Lipinski definition) is 3. The maximum atomic E-state index is 6.51. The first kappa shape index (κ1) is 19.3.